The molecule has 0 aliphatic rings. The number of carbonyl (C=O) groups is 1. The molecule has 0 unspecified atom stereocenters. The molecule has 1 N–H and O–H groups in total. The van der Waals surface area contributed by atoms with E-state index >= 15 is 0 Å². The maximum absolute atomic E-state index is 14.0. The minimum atomic E-state index is -2.76. The molecule has 3 rings (SSSR count). The van der Waals surface area contributed by atoms with Gasteiger partial charge < -0.3 is 5.11 Å². The molecule has 0 aliphatic heterocycles. The van der Waals surface area contributed by atoms with Crippen LogP contribution in [-0.2, 0) is 19.5 Å². The van der Waals surface area contributed by atoms with Crippen LogP contribution in [0.25, 0.3) is 11.1 Å². The van der Waals surface area contributed by atoms with E-state index in [0.717, 1.165) is 5.56 Å². The van der Waals surface area contributed by atoms with Gasteiger partial charge in [-0.2, -0.15) is 0 Å². The number of nitrogens with zero attached hydrogens (tertiary/aromatic N) is 2. The summed E-state index contributed by atoms with van der Waals surface area (Å²) in [6.45, 7) is 6.12. The molecule has 0 bridgehead atoms. The predicted molar refractivity (Wildman–Crippen MR) is 125 cm³/mol. The molecule has 0 saturated heterocycles. The number of aromatic carboxylic acids is 1. The van der Waals surface area contributed by atoms with Crippen molar-refractivity contribution < 1.29 is 18.7 Å². The van der Waals surface area contributed by atoms with Gasteiger partial charge in [0, 0.05) is 12.2 Å². The highest BCUT2D eigenvalue weighted by Gasteiger charge is 2.26. The smallest absolute Gasteiger partial charge is 0.336 e. The standard InChI is InChI=1S/C26H30F2N2O3/c1-4-8-22-23(24(27)28)29(14-13-17(2)3)26(33)30(22)16-18-11-12-20(21(15-18)25(31)32)19-9-6-5-7-10-19/h5-7,9-12,15,17,24H,4,8,13-14,16H2,1-3H3,(H,31,32). The third-order valence-corrected chi connectivity index (χ3v) is 5.74. The van der Waals surface area contributed by atoms with E-state index in [4.69, 9.17) is 0 Å². The fourth-order valence-corrected chi connectivity index (χ4v) is 4.09. The Morgan fingerprint density at radius 3 is 2.33 bits per heavy atom. The number of halogens is 2. The maximum atomic E-state index is 14.0. The molecule has 33 heavy (non-hydrogen) atoms. The van der Waals surface area contributed by atoms with E-state index in [9.17, 15) is 23.5 Å². The fraction of sp³-hybridized carbons (Fsp3) is 0.385. The Hall–Kier alpha value is -3.22. The van der Waals surface area contributed by atoms with Crippen LogP contribution in [0.3, 0.4) is 0 Å². The number of imidazole rings is 1. The second-order valence-corrected chi connectivity index (χ2v) is 8.64. The van der Waals surface area contributed by atoms with Gasteiger partial charge in [0.2, 0.25) is 0 Å². The van der Waals surface area contributed by atoms with Crippen LogP contribution in [0.4, 0.5) is 8.78 Å². The normalized spacial score (nSPS) is 11.5. The third kappa shape index (κ3) is 5.41. The Balaban J connectivity index is 2.08. The van der Waals surface area contributed by atoms with E-state index in [0.29, 0.717) is 36.1 Å². The van der Waals surface area contributed by atoms with E-state index in [-0.39, 0.29) is 30.3 Å². The number of aromatic nitrogens is 2. The first-order valence-corrected chi connectivity index (χ1v) is 11.3. The lowest BCUT2D eigenvalue weighted by atomic mass is 9.97. The molecular formula is C26H30F2N2O3. The van der Waals surface area contributed by atoms with Crippen molar-refractivity contribution in [1.29, 1.82) is 0 Å². The topological polar surface area (TPSA) is 64.2 Å². The number of hydrogen-bond acceptors (Lipinski definition) is 2. The Morgan fingerprint density at radius 1 is 1.06 bits per heavy atom. The van der Waals surface area contributed by atoms with Gasteiger partial charge in [0.1, 0.15) is 5.69 Å². The van der Waals surface area contributed by atoms with Crippen molar-refractivity contribution in [2.24, 2.45) is 5.92 Å². The highest BCUT2D eigenvalue weighted by Crippen LogP contribution is 2.27. The first-order valence-electron chi connectivity index (χ1n) is 11.3. The van der Waals surface area contributed by atoms with Gasteiger partial charge in [-0.15, -0.1) is 0 Å². The lowest BCUT2D eigenvalue weighted by Gasteiger charge is -2.12. The summed E-state index contributed by atoms with van der Waals surface area (Å²) in [6.07, 6.45) is -1.19. The van der Waals surface area contributed by atoms with Gasteiger partial charge in [0.05, 0.1) is 12.1 Å². The van der Waals surface area contributed by atoms with Crippen LogP contribution in [-0.4, -0.2) is 20.2 Å². The van der Waals surface area contributed by atoms with Gasteiger partial charge in [0.25, 0.3) is 6.43 Å². The SMILES string of the molecule is CCCc1c(C(F)F)n(CCC(C)C)c(=O)n1Cc1ccc(-c2ccccc2)c(C(=O)O)c1. The molecule has 0 aliphatic carbocycles. The summed E-state index contributed by atoms with van der Waals surface area (Å²) in [7, 11) is 0. The van der Waals surface area contributed by atoms with Gasteiger partial charge in [-0.1, -0.05) is 69.7 Å². The maximum Gasteiger partial charge on any atom is 0.336 e. The number of carboxylic acids is 1. The Bertz CT molecular complexity index is 1160. The summed E-state index contributed by atoms with van der Waals surface area (Å²) in [5.74, 6) is -0.816. The van der Waals surface area contributed by atoms with Crippen molar-refractivity contribution in [3.05, 3.63) is 81.5 Å². The van der Waals surface area contributed by atoms with E-state index in [1.807, 2.05) is 51.1 Å². The average molecular weight is 457 g/mol. The van der Waals surface area contributed by atoms with Crippen LogP contribution >= 0.6 is 0 Å². The van der Waals surface area contributed by atoms with Gasteiger partial charge >= 0.3 is 11.7 Å². The minimum Gasteiger partial charge on any atom is -0.478 e. The molecule has 1 aromatic heterocycles. The van der Waals surface area contributed by atoms with Crippen molar-refractivity contribution in [3.8, 4) is 11.1 Å². The van der Waals surface area contributed by atoms with Crippen molar-refractivity contribution in [2.45, 2.75) is 59.5 Å². The molecule has 0 spiro atoms. The summed E-state index contributed by atoms with van der Waals surface area (Å²) < 4.78 is 30.6. The van der Waals surface area contributed by atoms with E-state index in [1.54, 1.807) is 12.1 Å². The second kappa shape index (κ2) is 10.6. The molecular weight excluding hydrogens is 426 g/mol. The predicted octanol–water partition coefficient (Wildman–Crippen LogP) is 6.00. The van der Waals surface area contributed by atoms with Crippen LogP contribution < -0.4 is 5.69 Å². The van der Waals surface area contributed by atoms with E-state index in [1.165, 1.54) is 15.2 Å². The molecule has 3 aromatic rings. The number of benzene rings is 2. The summed E-state index contributed by atoms with van der Waals surface area (Å²) in [6, 6.07) is 14.2. The van der Waals surface area contributed by atoms with Crippen molar-refractivity contribution in [3.63, 3.8) is 0 Å². The number of carboxylic acid groups (broad SMARTS) is 1. The monoisotopic (exact) mass is 456 g/mol. The zero-order chi connectivity index (χ0) is 24.1. The summed E-state index contributed by atoms with van der Waals surface area (Å²) in [4.78, 5) is 25.2. The molecule has 0 saturated carbocycles. The highest BCUT2D eigenvalue weighted by atomic mass is 19.3. The van der Waals surface area contributed by atoms with Crippen molar-refractivity contribution >= 4 is 5.97 Å². The molecule has 0 atom stereocenters. The second-order valence-electron chi connectivity index (χ2n) is 8.64. The molecule has 1 heterocycles. The molecule has 176 valence electrons. The average Bonchev–Trinajstić information content (AvgIpc) is 3.04. The van der Waals surface area contributed by atoms with E-state index in [2.05, 4.69) is 0 Å². The van der Waals surface area contributed by atoms with Crippen molar-refractivity contribution in [1.82, 2.24) is 9.13 Å². The zero-order valence-electron chi connectivity index (χ0n) is 19.2. The fourth-order valence-electron chi connectivity index (χ4n) is 4.09. The van der Waals surface area contributed by atoms with Crippen LogP contribution in [0.5, 0.6) is 0 Å². The van der Waals surface area contributed by atoms with Crippen LogP contribution in [0.2, 0.25) is 0 Å². The van der Waals surface area contributed by atoms with Crippen LogP contribution in [0, 0.1) is 5.92 Å². The van der Waals surface area contributed by atoms with Gasteiger partial charge in [-0.3, -0.25) is 9.13 Å². The van der Waals surface area contributed by atoms with Crippen LogP contribution in [0.15, 0.2) is 53.3 Å². The van der Waals surface area contributed by atoms with Gasteiger partial charge in [-0.25, -0.2) is 18.4 Å². The molecule has 5 nitrogen and oxygen atoms in total. The number of rotatable bonds is 10. The van der Waals surface area contributed by atoms with Gasteiger partial charge in [0.15, 0.2) is 0 Å². The number of hydrogen-bond donors (Lipinski definition) is 1. The van der Waals surface area contributed by atoms with Crippen LogP contribution in [0.1, 0.15) is 67.3 Å². The first-order chi connectivity index (χ1) is 15.7. The number of alkyl halides is 2. The minimum absolute atomic E-state index is 0.0396. The molecule has 0 radical (unpaired) electrons. The third-order valence-electron chi connectivity index (χ3n) is 5.74. The first kappa shape index (κ1) is 24.4. The molecule has 0 amide bonds. The quantitative estimate of drug-likeness (QED) is 0.407. The van der Waals surface area contributed by atoms with E-state index < -0.39 is 18.1 Å². The Kier molecular flexibility index (Phi) is 7.84. The van der Waals surface area contributed by atoms with Crippen molar-refractivity contribution in [2.75, 3.05) is 0 Å². The van der Waals surface area contributed by atoms with Gasteiger partial charge in [-0.05, 0) is 41.5 Å². The largest absolute Gasteiger partial charge is 0.478 e. The Labute approximate surface area is 192 Å². The molecule has 2 aromatic carbocycles. The lowest BCUT2D eigenvalue weighted by molar-refractivity contribution is 0.0697. The zero-order valence-corrected chi connectivity index (χ0v) is 19.2. The summed E-state index contributed by atoms with van der Waals surface area (Å²) >= 11 is 0. The molecule has 0 fully saturated rings. The summed E-state index contributed by atoms with van der Waals surface area (Å²) in [5, 5.41) is 9.78. The molecule has 7 heteroatoms. The highest BCUT2D eigenvalue weighted by molar-refractivity contribution is 5.96. The summed E-state index contributed by atoms with van der Waals surface area (Å²) in [5.41, 5.74) is 1.65. The lowest BCUT2D eigenvalue weighted by Crippen LogP contribution is -2.26. The Morgan fingerprint density at radius 2 is 1.76 bits per heavy atom.